The van der Waals surface area contributed by atoms with Crippen LogP contribution in [0.3, 0.4) is 0 Å². The van der Waals surface area contributed by atoms with E-state index in [0.717, 1.165) is 12.8 Å². The fourth-order valence-corrected chi connectivity index (χ4v) is 3.19. The Hall–Kier alpha value is -0.0900. The lowest BCUT2D eigenvalue weighted by Crippen LogP contribution is -2.38. The highest BCUT2D eigenvalue weighted by molar-refractivity contribution is 7.88. The van der Waals surface area contributed by atoms with Gasteiger partial charge in [0.2, 0.25) is 10.0 Å². The molecule has 1 saturated heterocycles. The number of rotatable bonds is 2. The van der Waals surface area contributed by atoms with Crippen LogP contribution in [0, 0.1) is 11.3 Å². The van der Waals surface area contributed by atoms with E-state index < -0.39 is 10.0 Å². The van der Waals surface area contributed by atoms with E-state index in [4.69, 9.17) is 0 Å². The van der Waals surface area contributed by atoms with Gasteiger partial charge in [-0.2, -0.15) is 0 Å². The van der Waals surface area contributed by atoms with Gasteiger partial charge in [-0.05, 0) is 30.6 Å². The van der Waals surface area contributed by atoms with Crippen LogP contribution >= 0.6 is 0 Å². The Morgan fingerprint density at radius 1 is 1.20 bits per heavy atom. The minimum atomic E-state index is -2.96. The summed E-state index contributed by atoms with van der Waals surface area (Å²) in [7, 11) is -2.96. The first-order valence-electron chi connectivity index (χ1n) is 5.63. The van der Waals surface area contributed by atoms with Crippen molar-refractivity contribution in [1.29, 1.82) is 0 Å². The van der Waals surface area contributed by atoms with Crippen LogP contribution in [0.1, 0.15) is 40.0 Å². The van der Waals surface area contributed by atoms with Crippen molar-refractivity contribution in [3.05, 3.63) is 0 Å². The fraction of sp³-hybridized carbons (Fsp3) is 1.00. The molecule has 0 aromatic carbocycles. The van der Waals surface area contributed by atoms with Crippen molar-refractivity contribution in [2.75, 3.05) is 19.3 Å². The molecule has 1 aliphatic heterocycles. The summed E-state index contributed by atoms with van der Waals surface area (Å²) >= 11 is 0. The molecule has 0 radical (unpaired) electrons. The van der Waals surface area contributed by atoms with E-state index in [9.17, 15) is 8.42 Å². The van der Waals surface area contributed by atoms with Gasteiger partial charge in [-0.1, -0.05) is 20.8 Å². The summed E-state index contributed by atoms with van der Waals surface area (Å²) in [5, 5.41) is 0. The molecule has 1 aliphatic rings. The molecule has 0 saturated carbocycles. The second kappa shape index (κ2) is 4.42. The molecule has 90 valence electrons. The highest BCUT2D eigenvalue weighted by atomic mass is 32.2. The second-order valence-corrected chi connectivity index (χ2v) is 7.85. The molecule has 0 amide bonds. The Bertz CT molecular complexity index is 295. The summed E-state index contributed by atoms with van der Waals surface area (Å²) in [6, 6.07) is 0. The third-order valence-corrected chi connectivity index (χ3v) is 4.25. The second-order valence-electron chi connectivity index (χ2n) is 5.87. The minimum Gasteiger partial charge on any atom is -0.213 e. The predicted octanol–water partition coefficient (Wildman–Crippen LogP) is 2.09. The van der Waals surface area contributed by atoms with Gasteiger partial charge in [-0.15, -0.1) is 0 Å². The lowest BCUT2D eigenvalue weighted by Gasteiger charge is -2.33. The van der Waals surface area contributed by atoms with Gasteiger partial charge in [0.15, 0.2) is 0 Å². The van der Waals surface area contributed by atoms with Gasteiger partial charge in [-0.25, -0.2) is 12.7 Å². The molecule has 4 heteroatoms. The summed E-state index contributed by atoms with van der Waals surface area (Å²) in [4.78, 5) is 0. The van der Waals surface area contributed by atoms with E-state index in [2.05, 4.69) is 20.8 Å². The molecule has 1 fully saturated rings. The van der Waals surface area contributed by atoms with Gasteiger partial charge in [0, 0.05) is 13.1 Å². The van der Waals surface area contributed by atoms with E-state index in [-0.39, 0.29) is 0 Å². The van der Waals surface area contributed by atoms with Crippen molar-refractivity contribution in [2.45, 2.75) is 40.0 Å². The van der Waals surface area contributed by atoms with Gasteiger partial charge >= 0.3 is 0 Å². The molecule has 0 aromatic rings. The normalized spacial score (nSPS) is 21.9. The van der Waals surface area contributed by atoms with E-state index >= 15 is 0 Å². The third-order valence-electron chi connectivity index (χ3n) is 2.94. The van der Waals surface area contributed by atoms with Crippen molar-refractivity contribution >= 4 is 10.0 Å². The van der Waals surface area contributed by atoms with E-state index in [1.54, 1.807) is 4.31 Å². The molecular formula is C11H23NO2S. The molecule has 15 heavy (non-hydrogen) atoms. The molecule has 1 heterocycles. The van der Waals surface area contributed by atoms with Crippen molar-refractivity contribution < 1.29 is 8.42 Å². The van der Waals surface area contributed by atoms with Gasteiger partial charge in [0.1, 0.15) is 0 Å². The molecule has 0 spiro atoms. The predicted molar refractivity (Wildman–Crippen MR) is 63.2 cm³/mol. The van der Waals surface area contributed by atoms with Crippen LogP contribution in [0.25, 0.3) is 0 Å². The van der Waals surface area contributed by atoms with Crippen LogP contribution in [0.2, 0.25) is 0 Å². The maximum atomic E-state index is 11.3. The Labute approximate surface area is 93.9 Å². The summed E-state index contributed by atoms with van der Waals surface area (Å²) in [5.74, 6) is 0.697. The molecule has 0 unspecified atom stereocenters. The maximum Gasteiger partial charge on any atom is 0.211 e. The number of piperidine rings is 1. The number of nitrogens with zero attached hydrogens (tertiary/aromatic N) is 1. The highest BCUT2D eigenvalue weighted by Crippen LogP contribution is 2.31. The number of hydrogen-bond donors (Lipinski definition) is 0. The fourth-order valence-electron chi connectivity index (χ4n) is 2.31. The Morgan fingerprint density at radius 3 is 2.00 bits per heavy atom. The zero-order chi connectivity index (χ0) is 11.7. The van der Waals surface area contributed by atoms with Crippen LogP contribution < -0.4 is 0 Å². The SMILES string of the molecule is CC(C)(C)CC1CCN(S(C)(=O)=O)CC1. The van der Waals surface area contributed by atoms with Gasteiger partial charge in [0.25, 0.3) is 0 Å². The summed E-state index contributed by atoms with van der Waals surface area (Å²) in [6.45, 7) is 8.15. The van der Waals surface area contributed by atoms with E-state index in [1.165, 1.54) is 12.7 Å². The maximum absolute atomic E-state index is 11.3. The number of sulfonamides is 1. The van der Waals surface area contributed by atoms with Crippen molar-refractivity contribution in [3.63, 3.8) is 0 Å². The van der Waals surface area contributed by atoms with Gasteiger partial charge in [-0.3, -0.25) is 0 Å². The van der Waals surface area contributed by atoms with Crippen LogP contribution in [0.15, 0.2) is 0 Å². The molecule has 0 bridgehead atoms. The summed E-state index contributed by atoms with van der Waals surface area (Å²) in [6.07, 6.45) is 4.54. The standard InChI is InChI=1S/C11H23NO2S/c1-11(2,3)9-10-5-7-12(8-6-10)15(4,13)14/h10H,5-9H2,1-4H3. The average Bonchev–Trinajstić information content (AvgIpc) is 2.00. The van der Waals surface area contributed by atoms with Crippen LogP contribution in [-0.4, -0.2) is 32.1 Å². The third kappa shape index (κ3) is 4.51. The topological polar surface area (TPSA) is 37.4 Å². The molecule has 0 aromatic heterocycles. The lowest BCUT2D eigenvalue weighted by molar-refractivity contribution is 0.208. The van der Waals surface area contributed by atoms with Crippen LogP contribution in [0.5, 0.6) is 0 Å². The largest absolute Gasteiger partial charge is 0.213 e. The first-order chi connectivity index (χ1) is 6.68. The Morgan fingerprint density at radius 2 is 1.67 bits per heavy atom. The zero-order valence-corrected chi connectivity index (χ0v) is 11.1. The van der Waals surface area contributed by atoms with Crippen molar-refractivity contribution in [3.8, 4) is 0 Å². The van der Waals surface area contributed by atoms with Crippen LogP contribution in [-0.2, 0) is 10.0 Å². The monoisotopic (exact) mass is 233 g/mol. The zero-order valence-electron chi connectivity index (χ0n) is 10.3. The first kappa shape index (κ1) is 13.0. The number of hydrogen-bond acceptors (Lipinski definition) is 2. The van der Waals surface area contributed by atoms with Crippen LogP contribution in [0.4, 0.5) is 0 Å². The minimum absolute atomic E-state index is 0.359. The first-order valence-corrected chi connectivity index (χ1v) is 7.48. The quantitative estimate of drug-likeness (QED) is 0.732. The average molecular weight is 233 g/mol. The molecular weight excluding hydrogens is 210 g/mol. The Kier molecular flexibility index (Phi) is 3.82. The molecule has 1 rings (SSSR count). The molecule has 3 nitrogen and oxygen atoms in total. The molecule has 0 aliphatic carbocycles. The smallest absolute Gasteiger partial charge is 0.211 e. The van der Waals surface area contributed by atoms with Crippen molar-refractivity contribution in [1.82, 2.24) is 4.31 Å². The molecule has 0 N–H and O–H groups in total. The lowest BCUT2D eigenvalue weighted by atomic mass is 9.81. The van der Waals surface area contributed by atoms with E-state index in [1.807, 2.05) is 0 Å². The van der Waals surface area contributed by atoms with E-state index in [0.29, 0.717) is 24.4 Å². The van der Waals surface area contributed by atoms with Gasteiger partial charge < -0.3 is 0 Å². The summed E-state index contributed by atoms with van der Waals surface area (Å²) < 4.78 is 24.2. The molecule has 0 atom stereocenters. The van der Waals surface area contributed by atoms with Gasteiger partial charge in [0.05, 0.1) is 6.26 Å². The summed E-state index contributed by atoms with van der Waals surface area (Å²) in [5.41, 5.74) is 0.359. The van der Waals surface area contributed by atoms with Crippen molar-refractivity contribution in [2.24, 2.45) is 11.3 Å². The Balaban J connectivity index is 2.43. The highest BCUT2D eigenvalue weighted by Gasteiger charge is 2.27.